The van der Waals surface area contributed by atoms with Crippen molar-refractivity contribution in [2.45, 2.75) is 25.8 Å². The number of nitrogens with zero attached hydrogens (tertiary/aromatic N) is 2. The molecule has 1 aliphatic heterocycles. The highest BCUT2D eigenvalue weighted by Gasteiger charge is 2.23. The second-order valence-electron chi connectivity index (χ2n) is 7.07. The van der Waals surface area contributed by atoms with Crippen molar-refractivity contribution in [3.8, 4) is 5.75 Å². The summed E-state index contributed by atoms with van der Waals surface area (Å²) in [6, 6.07) is 12.5. The molecule has 6 nitrogen and oxygen atoms in total. The second kappa shape index (κ2) is 10.5. The van der Waals surface area contributed by atoms with E-state index in [1.165, 1.54) is 10.9 Å². The highest BCUT2D eigenvalue weighted by molar-refractivity contribution is 14.0. The fourth-order valence-corrected chi connectivity index (χ4v) is 3.73. The first-order valence-corrected chi connectivity index (χ1v) is 9.39. The molecule has 0 saturated carbocycles. The summed E-state index contributed by atoms with van der Waals surface area (Å²) in [5.41, 5.74) is 6.56. The lowest BCUT2D eigenvalue weighted by molar-refractivity contribution is -0.119. The molecular weight excluding hydrogens is 467 g/mol. The lowest BCUT2D eigenvalue weighted by atomic mass is 9.95. The van der Waals surface area contributed by atoms with Crippen LogP contribution in [0.3, 0.4) is 0 Å². The molecule has 0 radical (unpaired) electrons. The molecule has 7 heteroatoms. The topological polar surface area (TPSA) is 80.0 Å². The maximum atomic E-state index is 11.2. The van der Waals surface area contributed by atoms with Crippen molar-refractivity contribution in [3.63, 3.8) is 0 Å². The third kappa shape index (κ3) is 5.73. The summed E-state index contributed by atoms with van der Waals surface area (Å²) in [6.07, 6.45) is 2.54. The summed E-state index contributed by atoms with van der Waals surface area (Å²) in [6.45, 7) is 2.47. The van der Waals surface area contributed by atoms with Gasteiger partial charge in [0.15, 0.2) is 5.96 Å². The number of aliphatic imine (C=N–C) groups is 1. The smallest absolute Gasteiger partial charge is 0.217 e. The monoisotopic (exact) mass is 496 g/mol. The van der Waals surface area contributed by atoms with Crippen LogP contribution in [0.25, 0.3) is 10.8 Å². The summed E-state index contributed by atoms with van der Waals surface area (Å²) < 4.78 is 5.28. The molecule has 0 spiro atoms. The minimum Gasteiger partial charge on any atom is -0.497 e. The number of piperidine rings is 1. The summed E-state index contributed by atoms with van der Waals surface area (Å²) in [5, 5.41) is 5.80. The van der Waals surface area contributed by atoms with Gasteiger partial charge in [0.05, 0.1) is 7.11 Å². The predicted octanol–water partition coefficient (Wildman–Crippen LogP) is 3.13. The summed E-state index contributed by atoms with van der Waals surface area (Å²) in [4.78, 5) is 17.9. The molecular formula is C21H29IN4O2. The van der Waals surface area contributed by atoms with Gasteiger partial charge in [0, 0.05) is 33.1 Å². The van der Waals surface area contributed by atoms with Crippen LogP contribution >= 0.6 is 24.0 Å². The van der Waals surface area contributed by atoms with Crippen LogP contribution in [-0.2, 0) is 11.3 Å². The highest BCUT2D eigenvalue weighted by Crippen LogP contribution is 2.22. The molecule has 2 aromatic rings. The lowest BCUT2D eigenvalue weighted by Crippen LogP contribution is -2.46. The van der Waals surface area contributed by atoms with Crippen molar-refractivity contribution >= 4 is 46.6 Å². The molecule has 3 rings (SSSR count). The molecule has 1 atom stereocenters. The molecule has 1 heterocycles. The Labute approximate surface area is 183 Å². The minimum absolute atomic E-state index is 0. The van der Waals surface area contributed by atoms with Gasteiger partial charge in [-0.1, -0.05) is 18.2 Å². The first-order chi connectivity index (χ1) is 13.1. The maximum Gasteiger partial charge on any atom is 0.217 e. The van der Waals surface area contributed by atoms with Crippen LogP contribution < -0.4 is 15.8 Å². The van der Waals surface area contributed by atoms with Gasteiger partial charge in [-0.2, -0.15) is 0 Å². The zero-order valence-electron chi connectivity index (χ0n) is 16.5. The Morgan fingerprint density at radius 2 is 2.04 bits per heavy atom. The molecule has 1 saturated heterocycles. The van der Waals surface area contributed by atoms with Gasteiger partial charge in [-0.15, -0.1) is 24.0 Å². The number of halogens is 1. The number of carbonyl (C=O) groups excluding carboxylic acids is 1. The van der Waals surface area contributed by atoms with Crippen molar-refractivity contribution in [1.82, 2.24) is 10.2 Å². The Kier molecular flexibility index (Phi) is 8.35. The van der Waals surface area contributed by atoms with Crippen molar-refractivity contribution in [2.24, 2.45) is 16.6 Å². The van der Waals surface area contributed by atoms with E-state index in [1.807, 2.05) is 12.1 Å². The van der Waals surface area contributed by atoms with Crippen LogP contribution in [0, 0.1) is 5.92 Å². The van der Waals surface area contributed by atoms with Crippen molar-refractivity contribution in [3.05, 3.63) is 42.0 Å². The number of hydrogen-bond donors (Lipinski definition) is 2. The van der Waals surface area contributed by atoms with E-state index in [1.54, 1.807) is 14.2 Å². The van der Waals surface area contributed by atoms with Crippen molar-refractivity contribution < 1.29 is 9.53 Å². The quantitative estimate of drug-likeness (QED) is 0.379. The summed E-state index contributed by atoms with van der Waals surface area (Å²) in [5.74, 6) is 1.83. The molecule has 0 bridgehead atoms. The highest BCUT2D eigenvalue weighted by atomic mass is 127. The fraction of sp³-hybridized carbons (Fsp3) is 0.429. The second-order valence-corrected chi connectivity index (χ2v) is 7.07. The van der Waals surface area contributed by atoms with E-state index in [-0.39, 0.29) is 29.9 Å². The molecule has 1 unspecified atom stereocenters. The van der Waals surface area contributed by atoms with Gasteiger partial charge < -0.3 is 20.7 Å². The molecule has 28 heavy (non-hydrogen) atoms. The normalized spacial score (nSPS) is 17.1. The van der Waals surface area contributed by atoms with Crippen LogP contribution in [0.5, 0.6) is 5.75 Å². The largest absolute Gasteiger partial charge is 0.497 e. The van der Waals surface area contributed by atoms with Gasteiger partial charge in [0.1, 0.15) is 5.75 Å². The number of nitrogens with one attached hydrogen (secondary N) is 1. The van der Waals surface area contributed by atoms with Gasteiger partial charge in [-0.3, -0.25) is 9.79 Å². The Morgan fingerprint density at radius 3 is 2.75 bits per heavy atom. The number of hydrogen-bond acceptors (Lipinski definition) is 3. The molecule has 1 amide bonds. The van der Waals surface area contributed by atoms with E-state index in [4.69, 9.17) is 10.5 Å². The first-order valence-electron chi connectivity index (χ1n) is 9.39. The predicted molar refractivity (Wildman–Crippen MR) is 124 cm³/mol. The molecule has 152 valence electrons. The number of nitrogens with two attached hydrogens (primary N) is 1. The fourth-order valence-electron chi connectivity index (χ4n) is 3.73. The summed E-state index contributed by atoms with van der Waals surface area (Å²) >= 11 is 0. The molecule has 2 aromatic carbocycles. The van der Waals surface area contributed by atoms with Crippen LogP contribution in [0.4, 0.5) is 0 Å². The van der Waals surface area contributed by atoms with Gasteiger partial charge in [-0.25, -0.2) is 0 Å². The standard InChI is InChI=1S/C21H28N4O2.HI/c1-23-21(25-9-3-4-16(14-25)11-20(22)26)24-13-15-5-6-18-12-19(27-2)8-7-17(18)10-15;/h5-8,10,12,16H,3-4,9,11,13-14H2,1-2H3,(H2,22,26)(H,23,24);1H. The number of likely N-dealkylation sites (tertiary alicyclic amines) is 1. The van der Waals surface area contributed by atoms with E-state index in [2.05, 4.69) is 39.5 Å². The van der Waals surface area contributed by atoms with E-state index < -0.39 is 0 Å². The number of fused-ring (bicyclic) bond motifs is 1. The average Bonchev–Trinajstić information content (AvgIpc) is 2.67. The lowest BCUT2D eigenvalue weighted by Gasteiger charge is -2.34. The molecule has 1 aliphatic rings. The zero-order valence-corrected chi connectivity index (χ0v) is 18.8. The third-order valence-electron chi connectivity index (χ3n) is 5.08. The van der Waals surface area contributed by atoms with Crippen LogP contribution in [0.1, 0.15) is 24.8 Å². The number of amides is 1. The number of primary amides is 1. The Morgan fingerprint density at radius 1 is 1.29 bits per heavy atom. The Bertz CT molecular complexity index is 840. The van der Waals surface area contributed by atoms with E-state index in [9.17, 15) is 4.79 Å². The Balaban J connectivity index is 0.00000280. The van der Waals surface area contributed by atoms with Crippen LogP contribution in [-0.4, -0.2) is 44.0 Å². The van der Waals surface area contributed by atoms with Gasteiger partial charge in [0.2, 0.25) is 5.91 Å². The van der Waals surface area contributed by atoms with Crippen molar-refractivity contribution in [1.29, 1.82) is 0 Å². The average molecular weight is 496 g/mol. The SMILES string of the molecule is CN=C(NCc1ccc2cc(OC)ccc2c1)N1CCCC(CC(N)=O)C1.I. The molecule has 1 fully saturated rings. The van der Waals surface area contributed by atoms with Gasteiger partial charge in [0.25, 0.3) is 0 Å². The molecule has 0 aliphatic carbocycles. The van der Waals surface area contributed by atoms with Gasteiger partial charge >= 0.3 is 0 Å². The van der Waals surface area contributed by atoms with Gasteiger partial charge in [-0.05, 0) is 53.3 Å². The first kappa shape index (κ1) is 22.3. The number of methoxy groups -OCH3 is 1. The third-order valence-corrected chi connectivity index (χ3v) is 5.08. The number of carbonyl (C=O) groups is 1. The minimum atomic E-state index is -0.224. The number of rotatable bonds is 5. The van der Waals surface area contributed by atoms with Crippen molar-refractivity contribution in [2.75, 3.05) is 27.2 Å². The maximum absolute atomic E-state index is 11.2. The van der Waals surface area contributed by atoms with E-state index >= 15 is 0 Å². The van der Waals surface area contributed by atoms with E-state index in [0.29, 0.717) is 18.9 Å². The summed E-state index contributed by atoms with van der Waals surface area (Å²) in [7, 11) is 3.48. The zero-order chi connectivity index (χ0) is 19.2. The Hall–Kier alpha value is -2.03. The number of benzene rings is 2. The van der Waals surface area contributed by atoms with Crippen LogP contribution in [0.15, 0.2) is 41.4 Å². The van der Waals surface area contributed by atoms with E-state index in [0.717, 1.165) is 43.0 Å². The number of ether oxygens (including phenoxy) is 1. The molecule has 0 aromatic heterocycles. The van der Waals surface area contributed by atoms with Crippen LogP contribution in [0.2, 0.25) is 0 Å². The molecule has 3 N–H and O–H groups in total. The number of guanidine groups is 1.